The Morgan fingerprint density at radius 3 is 1.78 bits per heavy atom. The Bertz CT molecular complexity index is 3080. The van der Waals surface area contributed by atoms with Crippen LogP contribution in [-0.2, 0) is 27.9 Å². The molecule has 2 saturated heterocycles. The number of aromatic nitrogens is 8. The van der Waals surface area contributed by atoms with Gasteiger partial charge >= 0.3 is 0 Å². The monoisotopic (exact) mass is 896 g/mol. The van der Waals surface area contributed by atoms with Gasteiger partial charge in [-0.3, -0.25) is 8.80 Å². The van der Waals surface area contributed by atoms with Crippen LogP contribution < -0.4 is 19.3 Å². The topological polar surface area (TPSA) is 150 Å². The van der Waals surface area contributed by atoms with Crippen LogP contribution in [0.4, 0.5) is 11.9 Å². The molecule has 2 aliphatic heterocycles. The molecule has 340 valence electrons. The number of rotatable bonds is 8. The Morgan fingerprint density at radius 1 is 0.597 bits per heavy atom. The number of anilines is 2. The molecular formula is C52H52N10O5. The molecule has 1 unspecified atom stereocenters. The first-order chi connectivity index (χ1) is 33.0. The standard InChI is InChI=1S/C26H27N5O3.C26H25N5O2/c1-33-22-7-3-2-5-20(22)26(32)10-4-6-21-24(26)31-17-18(8-9-23(31)29-21)19-15-27-25(28-16-19)30-11-13-34-14-12-30;1-32-23-8-3-2-5-20(23)21-6-4-7-22-25(21)31-17-18(9-10-24(31)29-22)19-15-27-26(28-16-19)30-11-13-33-14-12-30/h2-3,5,7-9,15-17,32H,4,6,10-14H2,1H3;2-3,5-6,8-10,15-17H,4,7,11-14H2,1H3. The minimum absolute atomic E-state index is 0.607. The van der Waals surface area contributed by atoms with E-state index in [2.05, 4.69) is 70.7 Å². The van der Waals surface area contributed by atoms with Crippen molar-refractivity contribution < 1.29 is 24.1 Å². The summed E-state index contributed by atoms with van der Waals surface area (Å²) in [6.45, 7) is 6.08. The molecule has 2 aliphatic carbocycles. The Balaban J connectivity index is 0.000000148. The van der Waals surface area contributed by atoms with Crippen molar-refractivity contribution in [3.05, 3.63) is 150 Å². The highest BCUT2D eigenvalue weighted by Crippen LogP contribution is 2.44. The van der Waals surface area contributed by atoms with Crippen molar-refractivity contribution in [1.82, 2.24) is 38.7 Å². The van der Waals surface area contributed by atoms with E-state index in [-0.39, 0.29) is 0 Å². The second kappa shape index (κ2) is 18.2. The number of pyridine rings is 2. The number of morpholine rings is 2. The Labute approximate surface area is 388 Å². The van der Waals surface area contributed by atoms with E-state index in [1.807, 2.05) is 83.9 Å². The molecule has 12 rings (SSSR count). The second-order valence-electron chi connectivity index (χ2n) is 17.1. The zero-order valence-corrected chi connectivity index (χ0v) is 37.7. The van der Waals surface area contributed by atoms with E-state index in [1.54, 1.807) is 14.2 Å². The molecule has 1 atom stereocenters. The zero-order valence-electron chi connectivity index (χ0n) is 37.7. The van der Waals surface area contributed by atoms with Gasteiger partial charge in [0.2, 0.25) is 11.9 Å². The van der Waals surface area contributed by atoms with Gasteiger partial charge in [0, 0.05) is 102 Å². The molecule has 0 radical (unpaired) electrons. The van der Waals surface area contributed by atoms with Crippen LogP contribution in [0.5, 0.6) is 11.5 Å². The summed E-state index contributed by atoms with van der Waals surface area (Å²) in [5, 5.41) is 12.1. The lowest BCUT2D eigenvalue weighted by Crippen LogP contribution is -2.37. The molecule has 6 aromatic heterocycles. The van der Waals surface area contributed by atoms with E-state index in [0.717, 1.165) is 156 Å². The van der Waals surface area contributed by atoms with Gasteiger partial charge in [-0.25, -0.2) is 29.9 Å². The number of hydrogen-bond donors (Lipinski definition) is 1. The molecular weight excluding hydrogens is 845 g/mol. The van der Waals surface area contributed by atoms with E-state index in [9.17, 15) is 5.11 Å². The molecule has 4 aliphatic rings. The van der Waals surface area contributed by atoms with Gasteiger partial charge in [-0.15, -0.1) is 0 Å². The van der Waals surface area contributed by atoms with Crippen molar-refractivity contribution >= 4 is 28.8 Å². The molecule has 15 heteroatoms. The second-order valence-corrected chi connectivity index (χ2v) is 17.1. The lowest BCUT2D eigenvalue weighted by atomic mass is 9.79. The van der Waals surface area contributed by atoms with Gasteiger partial charge in [-0.1, -0.05) is 42.5 Å². The number of benzene rings is 2. The number of hydrogen-bond acceptors (Lipinski definition) is 13. The highest BCUT2D eigenvalue weighted by molar-refractivity contribution is 5.85. The van der Waals surface area contributed by atoms with Crippen LogP contribution in [0.2, 0.25) is 0 Å². The van der Waals surface area contributed by atoms with Crippen LogP contribution in [0.25, 0.3) is 39.1 Å². The van der Waals surface area contributed by atoms with Crippen LogP contribution in [0.1, 0.15) is 53.2 Å². The Kier molecular flexibility index (Phi) is 11.5. The highest BCUT2D eigenvalue weighted by atomic mass is 16.5. The molecule has 8 aromatic rings. The number of ether oxygens (including phenoxy) is 4. The molecule has 0 bridgehead atoms. The van der Waals surface area contributed by atoms with Crippen molar-refractivity contribution in [3.8, 4) is 33.8 Å². The van der Waals surface area contributed by atoms with Gasteiger partial charge in [-0.05, 0) is 68.5 Å². The fraction of sp³-hybridized carbons (Fsp3) is 0.308. The normalized spacial score (nSPS) is 18.2. The average Bonchev–Trinajstić information content (AvgIpc) is 3.98. The maximum atomic E-state index is 12.1. The minimum Gasteiger partial charge on any atom is -0.496 e. The maximum Gasteiger partial charge on any atom is 0.225 e. The quantitative estimate of drug-likeness (QED) is 0.164. The summed E-state index contributed by atoms with van der Waals surface area (Å²) in [5.74, 6) is 3.02. The highest BCUT2D eigenvalue weighted by Gasteiger charge is 2.42. The number of aliphatic hydroxyl groups is 1. The summed E-state index contributed by atoms with van der Waals surface area (Å²) in [6.07, 6.45) is 18.2. The predicted molar refractivity (Wildman–Crippen MR) is 256 cm³/mol. The van der Waals surface area contributed by atoms with E-state index < -0.39 is 5.60 Å². The average molecular weight is 897 g/mol. The largest absolute Gasteiger partial charge is 0.496 e. The molecule has 0 saturated carbocycles. The molecule has 2 aromatic carbocycles. The van der Waals surface area contributed by atoms with Gasteiger partial charge < -0.3 is 33.9 Å². The number of aryl methyl sites for hydroxylation is 2. The lowest BCUT2D eigenvalue weighted by molar-refractivity contribution is 0.0533. The molecule has 8 heterocycles. The molecule has 0 spiro atoms. The van der Waals surface area contributed by atoms with Crippen LogP contribution >= 0.6 is 0 Å². The molecule has 15 nitrogen and oxygen atoms in total. The van der Waals surface area contributed by atoms with Crippen molar-refractivity contribution in [2.75, 3.05) is 76.6 Å². The summed E-state index contributed by atoms with van der Waals surface area (Å²) < 4.78 is 26.3. The van der Waals surface area contributed by atoms with E-state index in [0.29, 0.717) is 25.4 Å². The van der Waals surface area contributed by atoms with Gasteiger partial charge in [-0.2, -0.15) is 0 Å². The van der Waals surface area contributed by atoms with E-state index in [1.165, 1.54) is 0 Å². The number of imidazole rings is 2. The van der Waals surface area contributed by atoms with Gasteiger partial charge in [0.05, 0.1) is 63.4 Å². The SMILES string of the molecule is COc1ccccc1C1(O)CCCc2nc3ccc(-c4cnc(N5CCOCC5)nc4)cn3c21.COc1ccccc1C1=CCCc2nc3ccc(-c4cnc(N5CCOCC5)nc4)cn3c21. The number of allylic oxidation sites excluding steroid dienone is 1. The smallest absolute Gasteiger partial charge is 0.225 e. The fourth-order valence-corrected chi connectivity index (χ4v) is 9.83. The van der Waals surface area contributed by atoms with Crippen molar-refractivity contribution in [3.63, 3.8) is 0 Å². The molecule has 0 amide bonds. The third-order valence-electron chi connectivity index (χ3n) is 13.2. The van der Waals surface area contributed by atoms with E-state index >= 15 is 0 Å². The first-order valence-corrected chi connectivity index (χ1v) is 23.0. The zero-order chi connectivity index (χ0) is 45.3. The maximum absolute atomic E-state index is 12.1. The number of methoxy groups -OCH3 is 2. The van der Waals surface area contributed by atoms with Crippen LogP contribution in [0.15, 0.2) is 116 Å². The fourth-order valence-electron chi connectivity index (χ4n) is 9.83. The van der Waals surface area contributed by atoms with Gasteiger partial charge in [0.25, 0.3) is 0 Å². The third kappa shape index (κ3) is 8.02. The summed E-state index contributed by atoms with van der Waals surface area (Å²) >= 11 is 0. The van der Waals surface area contributed by atoms with Crippen molar-refractivity contribution in [1.29, 1.82) is 0 Å². The number of nitrogens with zero attached hydrogens (tertiary/aromatic N) is 10. The van der Waals surface area contributed by atoms with Crippen molar-refractivity contribution in [2.45, 2.75) is 37.7 Å². The number of fused-ring (bicyclic) bond motifs is 6. The Hall–Kier alpha value is -7.20. The summed E-state index contributed by atoms with van der Waals surface area (Å²) in [5.41, 5.74) is 11.5. The molecule has 2 fully saturated rings. The summed E-state index contributed by atoms with van der Waals surface area (Å²) in [7, 11) is 3.36. The third-order valence-corrected chi connectivity index (χ3v) is 13.2. The van der Waals surface area contributed by atoms with Crippen LogP contribution in [0, 0.1) is 0 Å². The van der Waals surface area contributed by atoms with Gasteiger partial charge in [0.15, 0.2) is 0 Å². The minimum atomic E-state index is -1.19. The van der Waals surface area contributed by atoms with E-state index in [4.69, 9.17) is 28.9 Å². The molecule has 67 heavy (non-hydrogen) atoms. The molecule has 1 N–H and O–H groups in total. The first-order valence-electron chi connectivity index (χ1n) is 23.0. The van der Waals surface area contributed by atoms with Crippen LogP contribution in [-0.4, -0.2) is 111 Å². The van der Waals surface area contributed by atoms with Crippen LogP contribution in [0.3, 0.4) is 0 Å². The number of para-hydroxylation sites is 2. The lowest BCUT2D eigenvalue weighted by Gasteiger charge is -2.33. The summed E-state index contributed by atoms with van der Waals surface area (Å²) in [6, 6.07) is 24.0. The summed E-state index contributed by atoms with van der Waals surface area (Å²) in [4.78, 5) is 32.5. The predicted octanol–water partition coefficient (Wildman–Crippen LogP) is 7.22. The first kappa shape index (κ1) is 42.4. The van der Waals surface area contributed by atoms with Crippen molar-refractivity contribution in [2.24, 2.45) is 0 Å². The Morgan fingerprint density at radius 2 is 1.15 bits per heavy atom. The van der Waals surface area contributed by atoms with Gasteiger partial charge in [0.1, 0.15) is 28.4 Å².